The molecule has 1 aromatic carbocycles. The highest BCUT2D eigenvalue weighted by Gasteiger charge is 2.39. The number of nitrogens with zero attached hydrogens (tertiary/aromatic N) is 1. The Labute approximate surface area is 120 Å². The maximum Gasteiger partial charge on any atom is 0.326 e. The first-order valence-corrected chi connectivity index (χ1v) is 6.37. The molecule has 1 amide bonds. The molecule has 108 valence electrons. The molecule has 0 saturated carbocycles. The van der Waals surface area contributed by atoms with Gasteiger partial charge in [-0.1, -0.05) is 11.6 Å². The monoisotopic (exact) mass is 299 g/mol. The van der Waals surface area contributed by atoms with Gasteiger partial charge >= 0.3 is 5.97 Å². The van der Waals surface area contributed by atoms with Crippen LogP contribution in [0.5, 0.6) is 5.75 Å². The Morgan fingerprint density at radius 3 is 2.75 bits per heavy atom. The number of halogens is 1. The summed E-state index contributed by atoms with van der Waals surface area (Å²) in [6.45, 7) is -0.0123. The molecule has 6 nitrogen and oxygen atoms in total. The fourth-order valence-corrected chi connectivity index (χ4v) is 2.43. The number of benzene rings is 1. The summed E-state index contributed by atoms with van der Waals surface area (Å²) in [6, 6.07) is 3.46. The number of carbonyl (C=O) groups excluding carboxylic acids is 1. The van der Waals surface area contributed by atoms with Gasteiger partial charge in [0.05, 0.1) is 18.8 Å². The summed E-state index contributed by atoms with van der Waals surface area (Å²) in [5.41, 5.74) is 0.220. The van der Waals surface area contributed by atoms with Crippen LogP contribution in [0.15, 0.2) is 18.2 Å². The van der Waals surface area contributed by atoms with E-state index in [2.05, 4.69) is 0 Å². The molecular formula is C13H14ClNO5. The first-order valence-electron chi connectivity index (χ1n) is 5.99. The van der Waals surface area contributed by atoms with Crippen molar-refractivity contribution in [2.75, 3.05) is 13.7 Å². The molecule has 1 saturated heterocycles. The second kappa shape index (κ2) is 5.68. The van der Waals surface area contributed by atoms with E-state index in [1.807, 2.05) is 0 Å². The van der Waals surface area contributed by atoms with Crippen LogP contribution in [0.3, 0.4) is 0 Å². The fraction of sp³-hybridized carbons (Fsp3) is 0.385. The minimum atomic E-state index is -1.14. The number of ether oxygens (including phenoxy) is 1. The molecule has 20 heavy (non-hydrogen) atoms. The number of carboxylic acids is 1. The summed E-state index contributed by atoms with van der Waals surface area (Å²) in [6.07, 6.45) is -0.810. The number of β-amino-alcohol motifs (C(OH)–C–C–N with tert-alkyl or cyclic N) is 1. The van der Waals surface area contributed by atoms with Crippen LogP contribution in [-0.2, 0) is 4.79 Å². The van der Waals surface area contributed by atoms with Crippen molar-refractivity contribution in [2.24, 2.45) is 0 Å². The normalized spacial score (nSPS) is 21.9. The van der Waals surface area contributed by atoms with Crippen LogP contribution in [0, 0.1) is 0 Å². The number of aliphatic carboxylic acids is 1. The van der Waals surface area contributed by atoms with Gasteiger partial charge in [0, 0.05) is 18.0 Å². The third-order valence-corrected chi connectivity index (χ3v) is 3.45. The van der Waals surface area contributed by atoms with Crippen LogP contribution in [-0.4, -0.2) is 52.8 Å². The number of likely N-dealkylation sites (tertiary alicyclic amines) is 1. The van der Waals surface area contributed by atoms with Gasteiger partial charge in [0.2, 0.25) is 0 Å². The van der Waals surface area contributed by atoms with Gasteiger partial charge in [0.25, 0.3) is 5.91 Å². The zero-order valence-corrected chi connectivity index (χ0v) is 11.5. The Bertz CT molecular complexity index is 548. The van der Waals surface area contributed by atoms with E-state index in [1.54, 1.807) is 0 Å². The van der Waals surface area contributed by atoms with Gasteiger partial charge in [-0.2, -0.15) is 0 Å². The molecule has 0 radical (unpaired) electrons. The fourth-order valence-electron chi connectivity index (χ4n) is 2.27. The van der Waals surface area contributed by atoms with Crippen molar-refractivity contribution < 1.29 is 24.5 Å². The number of hydrogen-bond donors (Lipinski definition) is 2. The number of aliphatic hydroxyl groups excluding tert-OH is 1. The molecule has 7 heteroatoms. The van der Waals surface area contributed by atoms with E-state index in [0.29, 0.717) is 5.02 Å². The van der Waals surface area contributed by atoms with Gasteiger partial charge in [-0.25, -0.2) is 4.79 Å². The molecule has 1 heterocycles. The number of methoxy groups -OCH3 is 1. The maximum atomic E-state index is 12.4. The van der Waals surface area contributed by atoms with Crippen molar-refractivity contribution in [2.45, 2.75) is 18.6 Å². The third-order valence-electron chi connectivity index (χ3n) is 3.22. The lowest BCUT2D eigenvalue weighted by atomic mass is 10.1. The molecule has 0 unspecified atom stereocenters. The Morgan fingerprint density at radius 2 is 2.15 bits per heavy atom. The van der Waals surface area contributed by atoms with Crippen molar-refractivity contribution in [3.8, 4) is 5.75 Å². The highest BCUT2D eigenvalue weighted by atomic mass is 35.5. The maximum absolute atomic E-state index is 12.4. The lowest BCUT2D eigenvalue weighted by molar-refractivity contribution is -0.141. The molecule has 0 aromatic heterocycles. The first-order chi connectivity index (χ1) is 9.43. The number of rotatable bonds is 3. The van der Waals surface area contributed by atoms with Gasteiger partial charge < -0.3 is 19.8 Å². The van der Waals surface area contributed by atoms with E-state index >= 15 is 0 Å². The number of hydrogen-bond acceptors (Lipinski definition) is 4. The molecule has 1 aliphatic heterocycles. The standard InChI is InChI=1S/C13H14ClNO5/c1-20-11-4-7(14)2-3-9(11)12(17)15-6-8(16)5-10(15)13(18)19/h2-4,8,10,16H,5-6H2,1H3,(H,18,19)/t8-,10-/m0/s1. The van der Waals surface area contributed by atoms with Crippen LogP contribution in [0.4, 0.5) is 0 Å². The molecule has 2 rings (SSSR count). The SMILES string of the molecule is COc1cc(Cl)ccc1C(=O)N1C[C@@H](O)C[C@H]1C(=O)O. The molecule has 0 aliphatic carbocycles. The van der Waals surface area contributed by atoms with Gasteiger partial charge in [-0.05, 0) is 18.2 Å². The average Bonchev–Trinajstić information content (AvgIpc) is 2.80. The van der Waals surface area contributed by atoms with Crippen LogP contribution < -0.4 is 4.74 Å². The highest BCUT2D eigenvalue weighted by Crippen LogP contribution is 2.27. The van der Waals surface area contributed by atoms with Gasteiger partial charge in [-0.3, -0.25) is 4.79 Å². The largest absolute Gasteiger partial charge is 0.496 e. The Morgan fingerprint density at radius 1 is 1.45 bits per heavy atom. The zero-order chi connectivity index (χ0) is 14.9. The van der Waals surface area contributed by atoms with Crippen molar-refractivity contribution in [3.63, 3.8) is 0 Å². The van der Waals surface area contributed by atoms with Crippen molar-refractivity contribution in [3.05, 3.63) is 28.8 Å². The molecule has 0 spiro atoms. The molecule has 1 aromatic rings. The Kier molecular flexibility index (Phi) is 4.15. The summed E-state index contributed by atoms with van der Waals surface area (Å²) < 4.78 is 5.09. The summed E-state index contributed by atoms with van der Waals surface area (Å²) in [4.78, 5) is 24.7. The topological polar surface area (TPSA) is 87.1 Å². The van der Waals surface area contributed by atoms with E-state index in [0.717, 1.165) is 4.90 Å². The number of amides is 1. The summed E-state index contributed by atoms with van der Waals surface area (Å²) >= 11 is 5.82. The van der Waals surface area contributed by atoms with Crippen LogP contribution in [0.1, 0.15) is 16.8 Å². The van der Waals surface area contributed by atoms with Gasteiger partial charge in [0.15, 0.2) is 0 Å². The van der Waals surface area contributed by atoms with E-state index in [9.17, 15) is 14.7 Å². The molecule has 2 atom stereocenters. The average molecular weight is 300 g/mol. The lowest BCUT2D eigenvalue weighted by Gasteiger charge is -2.22. The smallest absolute Gasteiger partial charge is 0.326 e. The second-order valence-electron chi connectivity index (χ2n) is 4.55. The van der Waals surface area contributed by atoms with E-state index in [-0.39, 0.29) is 24.3 Å². The molecule has 1 aliphatic rings. The summed E-state index contributed by atoms with van der Waals surface area (Å²) in [5, 5.41) is 19.1. The van der Waals surface area contributed by atoms with Crippen LogP contribution >= 0.6 is 11.6 Å². The van der Waals surface area contributed by atoms with E-state index < -0.39 is 24.0 Å². The zero-order valence-electron chi connectivity index (χ0n) is 10.7. The number of carbonyl (C=O) groups is 2. The minimum Gasteiger partial charge on any atom is -0.496 e. The first kappa shape index (κ1) is 14.6. The Hall–Kier alpha value is -1.79. The van der Waals surface area contributed by atoms with E-state index in [4.69, 9.17) is 21.4 Å². The van der Waals surface area contributed by atoms with Gasteiger partial charge in [-0.15, -0.1) is 0 Å². The second-order valence-corrected chi connectivity index (χ2v) is 4.98. The molecule has 0 bridgehead atoms. The third kappa shape index (κ3) is 2.71. The van der Waals surface area contributed by atoms with Crippen LogP contribution in [0.2, 0.25) is 5.02 Å². The van der Waals surface area contributed by atoms with Crippen molar-refractivity contribution >= 4 is 23.5 Å². The van der Waals surface area contributed by atoms with Gasteiger partial charge in [0.1, 0.15) is 11.8 Å². The van der Waals surface area contributed by atoms with Crippen molar-refractivity contribution in [1.29, 1.82) is 0 Å². The van der Waals surface area contributed by atoms with Crippen molar-refractivity contribution in [1.82, 2.24) is 4.90 Å². The summed E-state index contributed by atoms with van der Waals surface area (Å²) in [7, 11) is 1.40. The quantitative estimate of drug-likeness (QED) is 0.870. The summed E-state index contributed by atoms with van der Waals surface area (Å²) in [5.74, 6) is -1.36. The lowest BCUT2D eigenvalue weighted by Crippen LogP contribution is -2.40. The highest BCUT2D eigenvalue weighted by molar-refractivity contribution is 6.30. The minimum absolute atomic E-state index is 0.0123. The number of aliphatic hydroxyl groups is 1. The number of carboxylic acid groups (broad SMARTS) is 1. The van der Waals surface area contributed by atoms with E-state index in [1.165, 1.54) is 25.3 Å². The molecule has 1 fully saturated rings. The predicted molar refractivity (Wildman–Crippen MR) is 71.1 cm³/mol. The van der Waals surface area contributed by atoms with Crippen LogP contribution in [0.25, 0.3) is 0 Å². The predicted octanol–water partition coefficient (Wildman–Crippen LogP) is 1.01. The molecule has 2 N–H and O–H groups in total. The Balaban J connectivity index is 2.33. The molecular weight excluding hydrogens is 286 g/mol.